The summed E-state index contributed by atoms with van der Waals surface area (Å²) in [6.45, 7) is 8.44. The van der Waals surface area contributed by atoms with Crippen LogP contribution in [0.25, 0.3) is 0 Å². The van der Waals surface area contributed by atoms with Crippen LogP contribution in [0.3, 0.4) is 0 Å². The van der Waals surface area contributed by atoms with Gasteiger partial charge in [0.25, 0.3) is 0 Å². The fourth-order valence-corrected chi connectivity index (χ4v) is 2.44. The van der Waals surface area contributed by atoms with Crippen molar-refractivity contribution in [3.8, 4) is 11.5 Å². The molecule has 1 aliphatic heterocycles. The molecule has 0 aromatic heterocycles. The number of rotatable bonds is 1. The maximum Gasteiger partial charge on any atom is 0.127 e. The van der Waals surface area contributed by atoms with Crippen molar-refractivity contribution in [1.29, 1.82) is 0 Å². The zero-order chi connectivity index (χ0) is 12.8. The molecule has 2 rings (SSSR count). The highest BCUT2D eigenvalue weighted by Gasteiger charge is 2.33. The molecule has 0 unspecified atom stereocenters. The second kappa shape index (κ2) is 3.91. The third-order valence-electron chi connectivity index (χ3n) is 4.02. The Morgan fingerprint density at radius 2 is 1.88 bits per heavy atom. The number of hydrogen-bond acceptors (Lipinski definition) is 3. The second-order valence-corrected chi connectivity index (χ2v) is 5.29. The third-order valence-corrected chi connectivity index (χ3v) is 4.02. The van der Waals surface area contributed by atoms with Gasteiger partial charge in [0.2, 0.25) is 0 Å². The zero-order valence-corrected chi connectivity index (χ0v) is 11.1. The summed E-state index contributed by atoms with van der Waals surface area (Å²) in [5.74, 6) is 1.33. The highest BCUT2D eigenvalue weighted by molar-refractivity contribution is 5.58. The number of ether oxygens (including phenoxy) is 1. The number of aromatic hydroxyl groups is 1. The number of benzene rings is 1. The van der Waals surface area contributed by atoms with E-state index in [4.69, 9.17) is 10.5 Å². The summed E-state index contributed by atoms with van der Waals surface area (Å²) in [4.78, 5) is 0. The molecule has 1 aliphatic rings. The van der Waals surface area contributed by atoms with Crippen molar-refractivity contribution in [3.63, 3.8) is 0 Å². The van der Waals surface area contributed by atoms with E-state index in [2.05, 4.69) is 0 Å². The van der Waals surface area contributed by atoms with Crippen molar-refractivity contribution >= 4 is 0 Å². The Kier molecular flexibility index (Phi) is 2.82. The highest BCUT2D eigenvalue weighted by Crippen LogP contribution is 2.42. The van der Waals surface area contributed by atoms with E-state index >= 15 is 0 Å². The molecule has 0 spiro atoms. The fourth-order valence-electron chi connectivity index (χ4n) is 2.44. The van der Waals surface area contributed by atoms with Gasteiger partial charge in [-0.1, -0.05) is 0 Å². The van der Waals surface area contributed by atoms with Crippen LogP contribution in [-0.4, -0.2) is 17.3 Å². The van der Waals surface area contributed by atoms with Gasteiger partial charge in [-0.2, -0.15) is 0 Å². The van der Waals surface area contributed by atoms with Crippen LogP contribution < -0.4 is 10.5 Å². The molecule has 0 aliphatic carbocycles. The fraction of sp³-hybridized carbons (Fsp3) is 0.571. The molecule has 0 radical (unpaired) electrons. The predicted octanol–water partition coefficient (Wildman–Crippen LogP) is 2.36. The minimum Gasteiger partial charge on any atom is -0.507 e. The van der Waals surface area contributed by atoms with E-state index < -0.39 is 0 Å². The molecule has 0 amide bonds. The average Bonchev–Trinajstić information content (AvgIpc) is 2.33. The molecule has 1 aromatic rings. The largest absolute Gasteiger partial charge is 0.507 e. The van der Waals surface area contributed by atoms with Crippen LogP contribution in [0.4, 0.5) is 0 Å². The Balaban J connectivity index is 2.59. The number of nitrogens with two attached hydrogens (primary N) is 1. The molecule has 1 atom stereocenters. The summed E-state index contributed by atoms with van der Waals surface area (Å²) in [6.07, 6.45) is 1.82. The summed E-state index contributed by atoms with van der Waals surface area (Å²) in [5, 5.41) is 10.1. The van der Waals surface area contributed by atoms with Crippen molar-refractivity contribution in [2.45, 2.75) is 46.1 Å². The summed E-state index contributed by atoms with van der Waals surface area (Å²) in [6, 6.07) is 0. The summed E-state index contributed by atoms with van der Waals surface area (Å²) < 4.78 is 6.08. The van der Waals surface area contributed by atoms with Gasteiger partial charge in [0, 0.05) is 12.1 Å². The molecular weight excluding hydrogens is 214 g/mol. The molecule has 3 N–H and O–H groups in total. The van der Waals surface area contributed by atoms with Crippen LogP contribution in [-0.2, 0) is 6.42 Å². The Morgan fingerprint density at radius 1 is 1.24 bits per heavy atom. The van der Waals surface area contributed by atoms with Crippen molar-refractivity contribution in [2.24, 2.45) is 5.73 Å². The van der Waals surface area contributed by atoms with Gasteiger partial charge < -0.3 is 15.6 Å². The number of hydrogen-bond donors (Lipinski definition) is 2. The standard InChI is InChI=1S/C14H21NO2/c1-8-9(2)13-11(10(3)12(8)16)5-6-14(4,7-15)17-13/h16H,5-7,15H2,1-4H3/t14-/m1/s1. The third kappa shape index (κ3) is 1.78. The lowest BCUT2D eigenvalue weighted by molar-refractivity contribution is 0.0724. The van der Waals surface area contributed by atoms with Gasteiger partial charge in [-0.3, -0.25) is 0 Å². The van der Waals surface area contributed by atoms with Gasteiger partial charge in [-0.25, -0.2) is 0 Å². The van der Waals surface area contributed by atoms with Gasteiger partial charge >= 0.3 is 0 Å². The van der Waals surface area contributed by atoms with E-state index in [1.54, 1.807) is 0 Å². The van der Waals surface area contributed by atoms with Crippen LogP contribution in [0.1, 0.15) is 35.6 Å². The number of fused-ring (bicyclic) bond motifs is 1. The van der Waals surface area contributed by atoms with Crippen LogP contribution in [0.15, 0.2) is 0 Å². The lowest BCUT2D eigenvalue weighted by Crippen LogP contribution is -2.43. The molecule has 3 heteroatoms. The van der Waals surface area contributed by atoms with Gasteiger partial charge in [-0.15, -0.1) is 0 Å². The van der Waals surface area contributed by atoms with E-state index in [9.17, 15) is 5.11 Å². The first-order valence-electron chi connectivity index (χ1n) is 6.10. The minimum atomic E-state index is -0.270. The summed E-state index contributed by atoms with van der Waals surface area (Å²) >= 11 is 0. The Labute approximate surface area is 103 Å². The van der Waals surface area contributed by atoms with E-state index in [1.165, 1.54) is 0 Å². The maximum atomic E-state index is 10.1. The first kappa shape index (κ1) is 12.2. The maximum absolute atomic E-state index is 10.1. The number of phenols is 1. The Bertz CT molecular complexity index is 468. The molecule has 1 aromatic carbocycles. The van der Waals surface area contributed by atoms with E-state index in [-0.39, 0.29) is 5.60 Å². The van der Waals surface area contributed by atoms with E-state index in [1.807, 2.05) is 27.7 Å². The smallest absolute Gasteiger partial charge is 0.127 e. The quantitative estimate of drug-likeness (QED) is 0.785. The van der Waals surface area contributed by atoms with Crippen LogP contribution in [0.5, 0.6) is 11.5 Å². The molecule has 3 nitrogen and oxygen atoms in total. The van der Waals surface area contributed by atoms with Crippen LogP contribution in [0, 0.1) is 20.8 Å². The molecule has 0 fully saturated rings. The normalized spacial score (nSPS) is 23.1. The van der Waals surface area contributed by atoms with Gasteiger partial charge in [0.05, 0.1) is 0 Å². The van der Waals surface area contributed by atoms with Crippen LogP contribution in [0.2, 0.25) is 0 Å². The monoisotopic (exact) mass is 235 g/mol. The van der Waals surface area contributed by atoms with Gasteiger partial charge in [0.1, 0.15) is 17.1 Å². The lowest BCUT2D eigenvalue weighted by atomic mass is 9.87. The van der Waals surface area contributed by atoms with Crippen molar-refractivity contribution in [2.75, 3.05) is 6.54 Å². The zero-order valence-electron chi connectivity index (χ0n) is 11.1. The average molecular weight is 235 g/mol. The van der Waals surface area contributed by atoms with E-state index in [0.717, 1.165) is 40.8 Å². The minimum absolute atomic E-state index is 0.270. The number of phenolic OH excluding ortho intramolecular Hbond substituents is 1. The van der Waals surface area contributed by atoms with Crippen molar-refractivity contribution in [3.05, 3.63) is 22.3 Å². The summed E-state index contributed by atoms with van der Waals surface area (Å²) in [7, 11) is 0. The van der Waals surface area contributed by atoms with Gasteiger partial charge in [-0.05, 0) is 57.2 Å². The van der Waals surface area contributed by atoms with Crippen molar-refractivity contribution < 1.29 is 9.84 Å². The molecule has 0 saturated heterocycles. The van der Waals surface area contributed by atoms with Crippen molar-refractivity contribution in [1.82, 2.24) is 0 Å². The molecule has 0 bridgehead atoms. The highest BCUT2D eigenvalue weighted by atomic mass is 16.5. The van der Waals surface area contributed by atoms with E-state index in [0.29, 0.717) is 12.3 Å². The molecule has 1 heterocycles. The topological polar surface area (TPSA) is 55.5 Å². The molecule has 0 saturated carbocycles. The first-order chi connectivity index (χ1) is 7.89. The van der Waals surface area contributed by atoms with Gasteiger partial charge in [0.15, 0.2) is 0 Å². The Morgan fingerprint density at radius 3 is 2.47 bits per heavy atom. The summed E-state index contributed by atoms with van der Waals surface area (Å²) in [5.41, 5.74) is 9.52. The molecule has 17 heavy (non-hydrogen) atoms. The Hall–Kier alpha value is -1.22. The SMILES string of the molecule is Cc1c(C)c2c(c(C)c1O)CC[C@](C)(CN)O2. The molecular formula is C14H21NO2. The van der Waals surface area contributed by atoms with Crippen LogP contribution >= 0.6 is 0 Å². The first-order valence-corrected chi connectivity index (χ1v) is 6.10. The predicted molar refractivity (Wildman–Crippen MR) is 68.7 cm³/mol. The molecule has 94 valence electrons. The lowest BCUT2D eigenvalue weighted by Gasteiger charge is -2.37. The second-order valence-electron chi connectivity index (χ2n) is 5.29.